The van der Waals surface area contributed by atoms with E-state index in [2.05, 4.69) is 9.97 Å². The third kappa shape index (κ3) is 2.55. The second-order valence-electron chi connectivity index (χ2n) is 4.04. The summed E-state index contributed by atoms with van der Waals surface area (Å²) in [6.45, 7) is 2.28. The lowest BCUT2D eigenvalue weighted by atomic mass is 10.3. The molecule has 0 spiro atoms. The normalized spacial score (nSPS) is 12.1. The molecule has 0 aliphatic rings. The van der Waals surface area contributed by atoms with Crippen molar-refractivity contribution in [1.82, 2.24) is 14.5 Å². The van der Waals surface area contributed by atoms with Crippen LogP contribution in [0.3, 0.4) is 0 Å². The van der Waals surface area contributed by atoms with Gasteiger partial charge in [0.2, 0.25) is 0 Å². The van der Waals surface area contributed by atoms with Crippen LogP contribution in [0.5, 0.6) is 0 Å². The summed E-state index contributed by atoms with van der Waals surface area (Å²) in [4.78, 5) is 7.29. The summed E-state index contributed by atoms with van der Waals surface area (Å²) in [5.74, 6) is 0.0594. The van der Waals surface area contributed by atoms with Gasteiger partial charge in [0, 0.05) is 19.0 Å². The second-order valence-corrected chi connectivity index (χ2v) is 6.68. The Morgan fingerprint density at radius 1 is 1.53 bits per heavy atom. The van der Waals surface area contributed by atoms with Gasteiger partial charge in [0.05, 0.1) is 11.3 Å². The standard InChI is InChI=1S/C10H13N3O2S2/c1-7-3-4-11-9-8(7)12-10(16)13(9)5-6-17(2,14)15/h3-4H,5-6H2,1-2H3,(H,12,16). The van der Waals surface area contributed by atoms with E-state index in [1.807, 2.05) is 13.0 Å². The Hall–Kier alpha value is -1.21. The van der Waals surface area contributed by atoms with Gasteiger partial charge in [0.1, 0.15) is 9.84 Å². The number of nitrogens with zero attached hydrogens (tertiary/aromatic N) is 2. The van der Waals surface area contributed by atoms with E-state index in [1.54, 1.807) is 10.8 Å². The van der Waals surface area contributed by atoms with Crippen molar-refractivity contribution >= 4 is 33.2 Å². The number of hydrogen-bond donors (Lipinski definition) is 1. The molecule has 92 valence electrons. The summed E-state index contributed by atoms with van der Waals surface area (Å²) in [6, 6.07) is 1.88. The van der Waals surface area contributed by atoms with E-state index in [0.29, 0.717) is 17.0 Å². The number of H-pyrrole nitrogens is 1. The Bertz CT molecular complexity index is 713. The average Bonchev–Trinajstić information content (AvgIpc) is 2.52. The highest BCUT2D eigenvalue weighted by Crippen LogP contribution is 2.15. The number of aromatic amines is 1. The third-order valence-electron chi connectivity index (χ3n) is 2.56. The zero-order valence-electron chi connectivity index (χ0n) is 9.60. The topological polar surface area (TPSA) is 67.8 Å². The van der Waals surface area contributed by atoms with Gasteiger partial charge in [-0.3, -0.25) is 0 Å². The van der Waals surface area contributed by atoms with Crippen molar-refractivity contribution < 1.29 is 8.42 Å². The third-order valence-corrected chi connectivity index (χ3v) is 3.80. The van der Waals surface area contributed by atoms with E-state index in [4.69, 9.17) is 12.2 Å². The number of pyridine rings is 1. The molecule has 2 rings (SSSR count). The Labute approximate surface area is 104 Å². The Balaban J connectivity index is 2.51. The lowest BCUT2D eigenvalue weighted by Gasteiger charge is -2.02. The first-order chi connectivity index (χ1) is 7.88. The van der Waals surface area contributed by atoms with Crippen LogP contribution in [-0.4, -0.2) is 35.0 Å². The van der Waals surface area contributed by atoms with Crippen LogP contribution in [0, 0.1) is 11.7 Å². The van der Waals surface area contributed by atoms with Crippen molar-refractivity contribution in [2.24, 2.45) is 0 Å². The fraction of sp³-hybridized carbons (Fsp3) is 0.400. The van der Waals surface area contributed by atoms with Gasteiger partial charge in [-0.05, 0) is 30.8 Å². The van der Waals surface area contributed by atoms with Crippen LogP contribution in [0.2, 0.25) is 0 Å². The highest BCUT2D eigenvalue weighted by molar-refractivity contribution is 7.90. The molecule has 17 heavy (non-hydrogen) atoms. The summed E-state index contributed by atoms with van der Waals surface area (Å²) in [5.41, 5.74) is 2.61. The zero-order chi connectivity index (χ0) is 12.6. The van der Waals surface area contributed by atoms with Gasteiger partial charge in [0.25, 0.3) is 0 Å². The molecule has 7 heteroatoms. The number of imidazole rings is 1. The van der Waals surface area contributed by atoms with Gasteiger partial charge in [-0.25, -0.2) is 13.4 Å². The van der Waals surface area contributed by atoms with E-state index in [-0.39, 0.29) is 5.75 Å². The zero-order valence-corrected chi connectivity index (χ0v) is 11.2. The van der Waals surface area contributed by atoms with Crippen LogP contribution in [0.4, 0.5) is 0 Å². The highest BCUT2D eigenvalue weighted by atomic mass is 32.2. The molecule has 1 N–H and O–H groups in total. The van der Waals surface area contributed by atoms with Crippen molar-refractivity contribution in [2.75, 3.05) is 12.0 Å². The second kappa shape index (κ2) is 4.23. The predicted octanol–water partition coefficient (Wildman–Crippen LogP) is 1.45. The van der Waals surface area contributed by atoms with Gasteiger partial charge in [-0.2, -0.15) is 0 Å². The molecular weight excluding hydrogens is 258 g/mol. The maximum absolute atomic E-state index is 11.2. The molecule has 0 unspecified atom stereocenters. The minimum Gasteiger partial charge on any atom is -0.329 e. The molecule has 0 aliphatic carbocycles. The molecule has 0 aliphatic heterocycles. The minimum absolute atomic E-state index is 0.0594. The molecule has 0 atom stereocenters. The van der Waals surface area contributed by atoms with E-state index < -0.39 is 9.84 Å². The van der Waals surface area contributed by atoms with Crippen LogP contribution >= 0.6 is 12.2 Å². The first kappa shape index (κ1) is 12.3. The van der Waals surface area contributed by atoms with Crippen molar-refractivity contribution in [3.05, 3.63) is 22.6 Å². The summed E-state index contributed by atoms with van der Waals surface area (Å²) >= 11 is 5.17. The monoisotopic (exact) mass is 271 g/mol. The fourth-order valence-corrected chi connectivity index (χ4v) is 2.43. The van der Waals surface area contributed by atoms with Crippen LogP contribution in [-0.2, 0) is 16.4 Å². The Morgan fingerprint density at radius 3 is 2.88 bits per heavy atom. The van der Waals surface area contributed by atoms with Crippen molar-refractivity contribution in [3.63, 3.8) is 0 Å². The Kier molecular flexibility index (Phi) is 3.05. The van der Waals surface area contributed by atoms with Crippen LogP contribution < -0.4 is 0 Å². The summed E-state index contributed by atoms with van der Waals surface area (Å²) in [5, 5.41) is 0. The molecule has 0 bridgehead atoms. The van der Waals surface area contributed by atoms with E-state index in [0.717, 1.165) is 11.1 Å². The van der Waals surface area contributed by atoms with Crippen LogP contribution in [0.15, 0.2) is 12.3 Å². The first-order valence-electron chi connectivity index (χ1n) is 5.10. The summed E-state index contributed by atoms with van der Waals surface area (Å²) in [7, 11) is -3.00. The number of aryl methyl sites for hydroxylation is 2. The van der Waals surface area contributed by atoms with Gasteiger partial charge < -0.3 is 9.55 Å². The van der Waals surface area contributed by atoms with Gasteiger partial charge in [0.15, 0.2) is 10.4 Å². The molecule has 0 saturated carbocycles. The maximum Gasteiger partial charge on any atom is 0.179 e. The van der Waals surface area contributed by atoms with Crippen molar-refractivity contribution in [2.45, 2.75) is 13.5 Å². The minimum atomic E-state index is -3.00. The van der Waals surface area contributed by atoms with E-state index in [1.165, 1.54) is 6.26 Å². The lowest BCUT2D eigenvalue weighted by molar-refractivity contribution is 0.595. The predicted molar refractivity (Wildman–Crippen MR) is 69.4 cm³/mol. The van der Waals surface area contributed by atoms with Crippen molar-refractivity contribution in [1.29, 1.82) is 0 Å². The van der Waals surface area contributed by atoms with Gasteiger partial charge in [-0.1, -0.05) is 0 Å². The molecule has 2 aromatic heterocycles. The van der Waals surface area contributed by atoms with E-state index >= 15 is 0 Å². The van der Waals surface area contributed by atoms with Crippen LogP contribution in [0.25, 0.3) is 11.2 Å². The van der Waals surface area contributed by atoms with Crippen LogP contribution in [0.1, 0.15) is 5.56 Å². The van der Waals surface area contributed by atoms with Gasteiger partial charge in [-0.15, -0.1) is 0 Å². The number of nitrogens with one attached hydrogen (secondary N) is 1. The largest absolute Gasteiger partial charge is 0.329 e. The lowest BCUT2D eigenvalue weighted by Crippen LogP contribution is -2.11. The quantitative estimate of drug-likeness (QED) is 0.858. The molecule has 2 aromatic rings. The summed E-state index contributed by atoms with van der Waals surface area (Å²) < 4.78 is 24.6. The first-order valence-corrected chi connectivity index (χ1v) is 7.57. The number of rotatable bonds is 3. The molecule has 5 nitrogen and oxygen atoms in total. The molecule has 0 radical (unpaired) electrons. The molecule has 0 amide bonds. The average molecular weight is 271 g/mol. The molecule has 0 fully saturated rings. The number of sulfone groups is 1. The van der Waals surface area contributed by atoms with Gasteiger partial charge >= 0.3 is 0 Å². The number of aromatic nitrogens is 3. The molecular formula is C10H13N3O2S2. The smallest absolute Gasteiger partial charge is 0.179 e. The maximum atomic E-state index is 11.2. The summed E-state index contributed by atoms with van der Waals surface area (Å²) in [6.07, 6.45) is 2.90. The number of hydrogen-bond acceptors (Lipinski definition) is 4. The van der Waals surface area contributed by atoms with E-state index in [9.17, 15) is 8.42 Å². The molecule has 2 heterocycles. The highest BCUT2D eigenvalue weighted by Gasteiger charge is 2.09. The fourth-order valence-electron chi connectivity index (χ4n) is 1.64. The Morgan fingerprint density at radius 2 is 2.24 bits per heavy atom. The molecule has 0 aromatic carbocycles. The van der Waals surface area contributed by atoms with Crippen molar-refractivity contribution in [3.8, 4) is 0 Å². The molecule has 0 saturated heterocycles. The SMILES string of the molecule is Cc1ccnc2c1[nH]c(=S)n2CCS(C)(=O)=O. The number of fused-ring (bicyclic) bond motifs is 1.